The average Bonchev–Trinajstić information content (AvgIpc) is 3.58. The number of imidazole rings is 1. The highest BCUT2D eigenvalue weighted by molar-refractivity contribution is 5.98. The number of hydrogen-bond donors (Lipinski definition) is 3. The predicted octanol–water partition coefficient (Wildman–Crippen LogP) is 6.37. The van der Waals surface area contributed by atoms with E-state index in [-0.39, 0.29) is 11.7 Å². The first-order valence-electron chi connectivity index (χ1n) is 13.4. The molecule has 2 aromatic carbocycles. The van der Waals surface area contributed by atoms with Crippen molar-refractivity contribution in [3.63, 3.8) is 0 Å². The number of aromatic amines is 2. The van der Waals surface area contributed by atoms with Crippen LogP contribution in [0.15, 0.2) is 79.3 Å². The minimum absolute atomic E-state index is 0.0786. The topological polar surface area (TPSA) is 103 Å². The van der Waals surface area contributed by atoms with E-state index >= 15 is 0 Å². The molecule has 0 aliphatic heterocycles. The Morgan fingerprint density at radius 3 is 2.71 bits per heavy atom. The Hall–Kier alpha value is -4.89. The molecule has 0 unspecified atom stereocenters. The summed E-state index contributed by atoms with van der Waals surface area (Å²) in [6.07, 6.45) is 9.29. The molecule has 3 N–H and O–H groups in total. The Labute approximate surface area is 237 Å². The van der Waals surface area contributed by atoms with Gasteiger partial charge in [0, 0.05) is 35.8 Å². The molecule has 0 atom stereocenters. The molecule has 41 heavy (non-hydrogen) atoms. The molecule has 9 heteroatoms. The fourth-order valence-electron chi connectivity index (χ4n) is 4.79. The van der Waals surface area contributed by atoms with Crippen molar-refractivity contribution in [2.45, 2.75) is 26.8 Å². The molecule has 208 valence electrons. The lowest BCUT2D eigenvalue weighted by Crippen LogP contribution is -2.20. The monoisotopic (exact) mass is 549 g/mol. The number of halogens is 1. The number of nitrogens with zero attached hydrogens (tertiary/aromatic N) is 4. The fourth-order valence-corrected chi connectivity index (χ4v) is 4.79. The highest BCUT2D eigenvalue weighted by atomic mass is 19.1. The van der Waals surface area contributed by atoms with Crippen LogP contribution in [0, 0.1) is 5.82 Å². The maximum atomic E-state index is 14.6. The van der Waals surface area contributed by atoms with Gasteiger partial charge in [0.15, 0.2) is 5.82 Å². The molecule has 0 fully saturated rings. The number of fused-ring (bicyclic) bond motifs is 2. The number of aromatic nitrogens is 5. The van der Waals surface area contributed by atoms with Gasteiger partial charge in [0.05, 0.1) is 22.7 Å². The number of carbonyl (C=O) groups is 1. The first kappa shape index (κ1) is 27.7. The van der Waals surface area contributed by atoms with Crippen LogP contribution in [-0.2, 0) is 11.3 Å². The van der Waals surface area contributed by atoms with Crippen molar-refractivity contribution >= 4 is 33.4 Å². The van der Waals surface area contributed by atoms with Gasteiger partial charge in [-0.1, -0.05) is 25.6 Å². The first-order chi connectivity index (χ1) is 19.8. The minimum atomic E-state index is -0.305. The van der Waals surface area contributed by atoms with Crippen LogP contribution in [0.25, 0.3) is 50.2 Å². The van der Waals surface area contributed by atoms with Crippen LogP contribution < -0.4 is 5.32 Å². The lowest BCUT2D eigenvalue weighted by atomic mass is 10.0. The molecule has 3 heterocycles. The maximum Gasteiger partial charge on any atom is 0.224 e. The Kier molecular flexibility index (Phi) is 7.89. The van der Waals surface area contributed by atoms with Gasteiger partial charge in [-0.25, -0.2) is 9.37 Å². The summed E-state index contributed by atoms with van der Waals surface area (Å²) in [6, 6.07) is 11.0. The van der Waals surface area contributed by atoms with E-state index in [1.165, 1.54) is 6.07 Å². The van der Waals surface area contributed by atoms with Crippen molar-refractivity contribution in [2.24, 2.45) is 0 Å². The van der Waals surface area contributed by atoms with Crippen molar-refractivity contribution in [3.8, 4) is 22.6 Å². The molecule has 0 bridgehead atoms. The van der Waals surface area contributed by atoms with Crippen LogP contribution in [0.2, 0.25) is 0 Å². The Bertz CT molecular complexity index is 1830. The molecule has 5 aromatic rings. The molecule has 1 amide bonds. The number of H-pyrrole nitrogens is 2. The van der Waals surface area contributed by atoms with Crippen molar-refractivity contribution in [1.29, 1.82) is 0 Å². The van der Waals surface area contributed by atoms with E-state index in [9.17, 15) is 9.18 Å². The van der Waals surface area contributed by atoms with Crippen molar-refractivity contribution < 1.29 is 9.18 Å². The summed E-state index contributed by atoms with van der Waals surface area (Å²) < 4.78 is 14.6. The van der Waals surface area contributed by atoms with E-state index < -0.39 is 0 Å². The number of hydrogen-bond acceptors (Lipinski definition) is 5. The van der Waals surface area contributed by atoms with Crippen molar-refractivity contribution in [3.05, 3.63) is 96.2 Å². The molecule has 0 radical (unpaired) electrons. The smallest absolute Gasteiger partial charge is 0.224 e. The van der Waals surface area contributed by atoms with Gasteiger partial charge < -0.3 is 15.2 Å². The normalized spacial score (nSPS) is 12.4. The van der Waals surface area contributed by atoms with Gasteiger partial charge in [-0.2, -0.15) is 5.10 Å². The van der Waals surface area contributed by atoms with Gasteiger partial charge in [0.25, 0.3) is 0 Å². The number of benzene rings is 2. The largest absolute Gasteiger partial charge is 0.335 e. The number of nitrogens with one attached hydrogen (secondary N) is 3. The van der Waals surface area contributed by atoms with E-state index in [4.69, 9.17) is 4.98 Å². The van der Waals surface area contributed by atoms with Gasteiger partial charge in [-0.05, 0) is 85.8 Å². The van der Waals surface area contributed by atoms with E-state index in [1.54, 1.807) is 31.5 Å². The summed E-state index contributed by atoms with van der Waals surface area (Å²) in [5, 5.41) is 11.4. The Balaban J connectivity index is 1.57. The van der Waals surface area contributed by atoms with E-state index in [2.05, 4.69) is 32.1 Å². The Morgan fingerprint density at radius 1 is 1.15 bits per heavy atom. The summed E-state index contributed by atoms with van der Waals surface area (Å²) in [5.74, 6) is 0.188. The third kappa shape index (κ3) is 5.85. The van der Waals surface area contributed by atoms with Crippen LogP contribution >= 0.6 is 0 Å². The highest BCUT2D eigenvalue weighted by Gasteiger charge is 2.17. The van der Waals surface area contributed by atoms with Crippen LogP contribution in [-0.4, -0.2) is 50.1 Å². The second-order valence-electron chi connectivity index (χ2n) is 10.0. The third-order valence-corrected chi connectivity index (χ3v) is 6.73. The number of rotatable bonds is 9. The van der Waals surface area contributed by atoms with E-state index in [0.29, 0.717) is 41.3 Å². The van der Waals surface area contributed by atoms with Crippen LogP contribution in [0.1, 0.15) is 31.4 Å². The zero-order valence-corrected chi connectivity index (χ0v) is 23.5. The second kappa shape index (κ2) is 11.7. The molecule has 0 saturated carbocycles. The molecule has 3 aromatic heterocycles. The van der Waals surface area contributed by atoms with Crippen LogP contribution in [0.3, 0.4) is 0 Å². The highest BCUT2D eigenvalue weighted by Crippen LogP contribution is 2.33. The van der Waals surface area contributed by atoms with Gasteiger partial charge in [-0.3, -0.25) is 14.9 Å². The predicted molar refractivity (Wildman–Crippen MR) is 162 cm³/mol. The summed E-state index contributed by atoms with van der Waals surface area (Å²) >= 11 is 0. The zero-order valence-electron chi connectivity index (χ0n) is 23.5. The molecule has 8 nitrogen and oxygen atoms in total. The minimum Gasteiger partial charge on any atom is -0.335 e. The standard InChI is InChI=1S/C32H32FN7O/c1-6-20(14-24(7-2)35-29(41)8-3)21-9-10-27-25(15-21)31(39-38-27)32-36-28-17-34-16-26(30(28)37-32)22-11-19(18-40(4)5)12-23(33)13-22/h6-7,9-17H,2,8,18H2,1,3-5H3,(H,35,41)(H,36,37)(H,38,39)/b20-6+,24-14+. The number of allylic oxidation sites excluding steroid dienone is 4. The number of amides is 1. The summed E-state index contributed by atoms with van der Waals surface area (Å²) in [4.78, 5) is 26.6. The first-order valence-corrected chi connectivity index (χ1v) is 13.4. The van der Waals surface area contributed by atoms with Crippen molar-refractivity contribution in [1.82, 2.24) is 35.4 Å². The number of pyridine rings is 1. The molecule has 5 rings (SSSR count). The number of carbonyl (C=O) groups excluding carboxylic acids is 1. The zero-order chi connectivity index (χ0) is 29.1. The summed E-state index contributed by atoms with van der Waals surface area (Å²) in [6.45, 7) is 8.19. The SMILES string of the molecule is C=C/C(=C\C(=C/C)c1ccc2[nH]nc(-c3nc4c(-c5cc(F)cc(CN(C)C)c5)cncc4[nH]3)c2c1)NC(=O)CC. The molecule has 0 aliphatic carbocycles. The van der Waals surface area contributed by atoms with Gasteiger partial charge in [0.2, 0.25) is 5.91 Å². The maximum absolute atomic E-state index is 14.6. The fraction of sp³-hybridized carbons (Fsp3) is 0.188. The quantitative estimate of drug-likeness (QED) is 0.186. The molecular formula is C32H32FN7O. The molecule has 0 saturated heterocycles. The Morgan fingerprint density at radius 2 is 1.98 bits per heavy atom. The second-order valence-corrected chi connectivity index (χ2v) is 10.0. The van der Waals surface area contributed by atoms with Crippen molar-refractivity contribution in [2.75, 3.05) is 14.1 Å². The lowest BCUT2D eigenvalue weighted by Gasteiger charge is -2.11. The molecule has 0 spiro atoms. The van der Waals surface area contributed by atoms with E-state index in [0.717, 1.165) is 38.7 Å². The van der Waals surface area contributed by atoms with Gasteiger partial charge in [0.1, 0.15) is 11.5 Å². The lowest BCUT2D eigenvalue weighted by molar-refractivity contribution is -0.120. The summed E-state index contributed by atoms with van der Waals surface area (Å²) in [7, 11) is 3.90. The van der Waals surface area contributed by atoms with Crippen LogP contribution in [0.4, 0.5) is 4.39 Å². The average molecular weight is 550 g/mol. The molecule has 0 aliphatic rings. The van der Waals surface area contributed by atoms with Gasteiger partial charge in [-0.15, -0.1) is 0 Å². The van der Waals surface area contributed by atoms with Gasteiger partial charge >= 0.3 is 0 Å². The third-order valence-electron chi connectivity index (χ3n) is 6.73. The van der Waals surface area contributed by atoms with Crippen LogP contribution in [0.5, 0.6) is 0 Å². The van der Waals surface area contributed by atoms with E-state index in [1.807, 2.05) is 62.3 Å². The molecular weight excluding hydrogens is 517 g/mol. The summed E-state index contributed by atoms with van der Waals surface area (Å²) in [5.41, 5.74) is 7.71.